The Bertz CT molecular complexity index is 2030. The van der Waals surface area contributed by atoms with Crippen molar-refractivity contribution in [1.29, 1.82) is 5.26 Å². The Labute approximate surface area is 253 Å². The number of aliphatic imine (C=N–C) groups is 1. The fraction of sp³-hybridized carbons (Fsp3) is 0.205. The van der Waals surface area contributed by atoms with E-state index in [0.29, 0.717) is 11.5 Å². The summed E-state index contributed by atoms with van der Waals surface area (Å²) >= 11 is 0. The molecule has 4 nitrogen and oxygen atoms in total. The van der Waals surface area contributed by atoms with Crippen LogP contribution in [0.1, 0.15) is 63.8 Å². The number of fused-ring (bicyclic) bond motifs is 2. The molecule has 0 saturated carbocycles. The summed E-state index contributed by atoms with van der Waals surface area (Å²) in [4.78, 5) is 9.94. The lowest BCUT2D eigenvalue weighted by atomic mass is 9.79. The molecule has 0 amide bonds. The summed E-state index contributed by atoms with van der Waals surface area (Å²) in [6.07, 6.45) is 1.95. The van der Waals surface area contributed by atoms with Crippen LogP contribution in [0, 0.1) is 11.3 Å². The molecule has 6 aromatic rings. The third kappa shape index (κ3) is 5.72. The van der Waals surface area contributed by atoms with Gasteiger partial charge in [-0.2, -0.15) is 5.26 Å². The molecule has 4 heteroatoms. The molecule has 0 aliphatic rings. The number of aromatic nitrogens is 1. The predicted molar refractivity (Wildman–Crippen MR) is 178 cm³/mol. The van der Waals surface area contributed by atoms with Crippen molar-refractivity contribution in [3.05, 3.63) is 119 Å². The number of benzene rings is 5. The minimum absolute atomic E-state index is 0.0300. The van der Waals surface area contributed by atoms with Gasteiger partial charge in [0.05, 0.1) is 22.9 Å². The van der Waals surface area contributed by atoms with Gasteiger partial charge in [-0.15, -0.1) is 0 Å². The average Bonchev–Trinajstić information content (AvgIpc) is 3.43. The first-order valence-electron chi connectivity index (χ1n) is 14.6. The fourth-order valence-electron chi connectivity index (χ4n) is 5.28. The quantitative estimate of drug-likeness (QED) is 0.201. The number of hydrogen-bond donors (Lipinski definition) is 0. The van der Waals surface area contributed by atoms with Crippen LogP contribution < -0.4 is 0 Å². The van der Waals surface area contributed by atoms with E-state index in [9.17, 15) is 5.26 Å². The van der Waals surface area contributed by atoms with Gasteiger partial charge in [-0.1, -0.05) is 90.1 Å². The summed E-state index contributed by atoms with van der Waals surface area (Å²) in [6, 6.07) is 35.0. The van der Waals surface area contributed by atoms with E-state index in [4.69, 9.17) is 14.4 Å². The first-order chi connectivity index (χ1) is 20.5. The van der Waals surface area contributed by atoms with Crippen molar-refractivity contribution >= 4 is 33.8 Å². The van der Waals surface area contributed by atoms with Gasteiger partial charge in [0.25, 0.3) is 0 Å². The van der Waals surface area contributed by atoms with E-state index in [1.165, 1.54) is 11.1 Å². The number of nitrogens with zero attached hydrogens (tertiary/aromatic N) is 3. The lowest BCUT2D eigenvalue weighted by Crippen LogP contribution is -2.17. The Morgan fingerprint density at radius 3 is 2.12 bits per heavy atom. The van der Waals surface area contributed by atoms with Gasteiger partial charge >= 0.3 is 0 Å². The molecule has 0 bridgehead atoms. The molecule has 1 aromatic heterocycles. The Balaban J connectivity index is 1.40. The molecular weight excluding hydrogens is 526 g/mol. The van der Waals surface area contributed by atoms with Gasteiger partial charge in [0, 0.05) is 11.8 Å². The topological polar surface area (TPSA) is 62.2 Å². The zero-order chi connectivity index (χ0) is 30.4. The summed E-state index contributed by atoms with van der Waals surface area (Å²) in [7, 11) is 0. The van der Waals surface area contributed by atoms with Crippen molar-refractivity contribution in [3.8, 4) is 28.7 Å². The minimum Gasteiger partial charge on any atom is -0.436 e. The fourth-order valence-corrected chi connectivity index (χ4v) is 5.28. The Morgan fingerprint density at radius 1 is 0.721 bits per heavy atom. The zero-order valence-corrected chi connectivity index (χ0v) is 25.6. The third-order valence-corrected chi connectivity index (χ3v) is 7.87. The molecule has 5 aromatic carbocycles. The first kappa shape index (κ1) is 28.1. The summed E-state index contributed by atoms with van der Waals surface area (Å²) in [5.74, 6) is 0.536. The van der Waals surface area contributed by atoms with Gasteiger partial charge in [0.15, 0.2) is 5.58 Å². The number of para-hydroxylation sites is 2. The second-order valence-electron chi connectivity index (χ2n) is 13.2. The molecule has 0 spiro atoms. The maximum absolute atomic E-state index is 9.26. The van der Waals surface area contributed by atoms with E-state index in [1.807, 2.05) is 60.8 Å². The van der Waals surface area contributed by atoms with E-state index in [0.717, 1.165) is 49.8 Å². The summed E-state index contributed by atoms with van der Waals surface area (Å²) in [6.45, 7) is 13.5. The highest BCUT2D eigenvalue weighted by molar-refractivity contribution is 5.96. The van der Waals surface area contributed by atoms with E-state index < -0.39 is 0 Å². The zero-order valence-electron chi connectivity index (χ0n) is 25.6. The minimum atomic E-state index is 0.0300. The van der Waals surface area contributed by atoms with Crippen LogP contribution in [-0.4, -0.2) is 11.2 Å². The van der Waals surface area contributed by atoms with Crippen molar-refractivity contribution in [1.82, 2.24) is 4.98 Å². The smallest absolute Gasteiger partial charge is 0.229 e. The highest BCUT2D eigenvalue weighted by Crippen LogP contribution is 2.37. The van der Waals surface area contributed by atoms with Crippen LogP contribution in [0.3, 0.4) is 0 Å². The molecule has 0 fully saturated rings. The van der Waals surface area contributed by atoms with Crippen molar-refractivity contribution in [2.24, 2.45) is 4.99 Å². The largest absolute Gasteiger partial charge is 0.436 e. The molecule has 0 unspecified atom stereocenters. The molecule has 43 heavy (non-hydrogen) atoms. The molecule has 0 aliphatic carbocycles. The maximum atomic E-state index is 9.26. The van der Waals surface area contributed by atoms with Crippen molar-refractivity contribution in [2.45, 2.75) is 52.4 Å². The van der Waals surface area contributed by atoms with E-state index in [-0.39, 0.29) is 10.8 Å². The summed E-state index contributed by atoms with van der Waals surface area (Å²) in [5.41, 5.74) is 9.57. The van der Waals surface area contributed by atoms with E-state index >= 15 is 0 Å². The van der Waals surface area contributed by atoms with E-state index in [1.54, 1.807) is 0 Å². The Kier molecular flexibility index (Phi) is 6.98. The molecule has 0 atom stereocenters. The summed E-state index contributed by atoms with van der Waals surface area (Å²) < 4.78 is 6.33. The van der Waals surface area contributed by atoms with Gasteiger partial charge in [-0.25, -0.2) is 4.98 Å². The third-order valence-electron chi connectivity index (χ3n) is 7.87. The molecule has 0 aliphatic heterocycles. The Morgan fingerprint density at radius 2 is 1.40 bits per heavy atom. The first-order valence-corrected chi connectivity index (χ1v) is 14.6. The number of oxazole rings is 1. The molecule has 0 saturated heterocycles. The highest BCUT2D eigenvalue weighted by Gasteiger charge is 2.20. The van der Waals surface area contributed by atoms with Crippen LogP contribution in [0.2, 0.25) is 0 Å². The number of hydrogen-bond acceptors (Lipinski definition) is 4. The van der Waals surface area contributed by atoms with Gasteiger partial charge in [-0.05, 0) is 92.4 Å². The average molecular weight is 562 g/mol. The second kappa shape index (κ2) is 10.7. The number of nitriles is 1. The van der Waals surface area contributed by atoms with Crippen molar-refractivity contribution in [2.75, 3.05) is 0 Å². The lowest BCUT2D eigenvalue weighted by Gasteiger charge is -2.25. The normalized spacial score (nSPS) is 12.3. The molecule has 212 valence electrons. The van der Waals surface area contributed by atoms with Gasteiger partial charge < -0.3 is 4.42 Å². The lowest BCUT2D eigenvalue weighted by molar-refractivity contribution is 0.568. The van der Waals surface area contributed by atoms with Gasteiger partial charge in [-0.3, -0.25) is 4.99 Å². The van der Waals surface area contributed by atoms with Gasteiger partial charge in [0.2, 0.25) is 5.89 Å². The van der Waals surface area contributed by atoms with Crippen LogP contribution in [0.25, 0.3) is 44.5 Å². The van der Waals surface area contributed by atoms with Crippen LogP contribution in [0.4, 0.5) is 5.69 Å². The van der Waals surface area contributed by atoms with Crippen LogP contribution >= 0.6 is 0 Å². The standard InChI is InChI=1S/C39H35N3O/c1-38(2,3)30-19-26(20-31(22-30)39(4,5)6)24-41-34-12-8-7-10-33(34)37-42-36-32(11-9-13-35(36)43-37)29-17-16-27-18-25(23-40)14-15-28(27)21-29/h7-22,24H,1-6H3. The van der Waals surface area contributed by atoms with Gasteiger partial charge in [0.1, 0.15) is 5.52 Å². The SMILES string of the molecule is CC(C)(C)c1cc(C=Nc2ccccc2-c2nc3c(-c4ccc5cc(C#N)ccc5c4)cccc3o2)cc(C(C)(C)C)c1. The molecule has 0 radical (unpaired) electrons. The highest BCUT2D eigenvalue weighted by atomic mass is 16.3. The number of rotatable bonds is 4. The van der Waals surface area contributed by atoms with Crippen molar-refractivity contribution < 1.29 is 4.42 Å². The van der Waals surface area contributed by atoms with Crippen molar-refractivity contribution in [3.63, 3.8) is 0 Å². The molecule has 6 rings (SSSR count). The molecule has 0 N–H and O–H groups in total. The Hall–Kier alpha value is -5.01. The maximum Gasteiger partial charge on any atom is 0.229 e. The summed E-state index contributed by atoms with van der Waals surface area (Å²) in [5, 5.41) is 11.4. The van der Waals surface area contributed by atoms with Crippen LogP contribution in [0.15, 0.2) is 106 Å². The molecular formula is C39H35N3O. The monoisotopic (exact) mass is 561 g/mol. The van der Waals surface area contributed by atoms with Crippen LogP contribution in [-0.2, 0) is 10.8 Å². The predicted octanol–water partition coefficient (Wildman–Crippen LogP) is 10.5. The van der Waals surface area contributed by atoms with E-state index in [2.05, 4.69) is 90.1 Å². The van der Waals surface area contributed by atoms with Crippen LogP contribution in [0.5, 0.6) is 0 Å². The second-order valence-corrected chi connectivity index (χ2v) is 13.2. The molecule has 1 heterocycles.